The lowest BCUT2D eigenvalue weighted by atomic mass is 10.1. The fourth-order valence-corrected chi connectivity index (χ4v) is 6.29. The molecule has 1 saturated heterocycles. The Bertz CT molecular complexity index is 1270. The van der Waals surface area contributed by atoms with E-state index in [2.05, 4.69) is 38.9 Å². The Balaban J connectivity index is 1.28. The van der Waals surface area contributed by atoms with Gasteiger partial charge in [-0.25, -0.2) is 13.1 Å². The molecule has 4 rings (SSSR count). The zero-order valence-electron chi connectivity index (χ0n) is 20.0. The van der Waals surface area contributed by atoms with Gasteiger partial charge in [-0.15, -0.1) is 0 Å². The van der Waals surface area contributed by atoms with E-state index in [1.807, 2.05) is 36.2 Å². The van der Waals surface area contributed by atoms with Crippen molar-refractivity contribution >= 4 is 26.8 Å². The van der Waals surface area contributed by atoms with Crippen LogP contribution in [0.2, 0.25) is 0 Å². The predicted molar refractivity (Wildman–Crippen MR) is 134 cm³/mol. The highest BCUT2D eigenvalue weighted by Crippen LogP contribution is 2.22. The third-order valence-electron chi connectivity index (χ3n) is 6.34. The van der Waals surface area contributed by atoms with Crippen molar-refractivity contribution in [3.63, 3.8) is 0 Å². The maximum Gasteiger partial charge on any atom is 0.241 e. The molecule has 180 valence electrons. The van der Waals surface area contributed by atoms with E-state index in [1.54, 1.807) is 13.8 Å². The number of hydrogen-bond donors (Lipinski definition) is 1. The number of para-hydroxylation sites is 1. The molecule has 1 fully saturated rings. The summed E-state index contributed by atoms with van der Waals surface area (Å²) in [6.45, 7) is 9.27. The van der Waals surface area contributed by atoms with Crippen molar-refractivity contribution in [1.82, 2.24) is 19.5 Å². The first-order valence-electron chi connectivity index (χ1n) is 11.6. The summed E-state index contributed by atoms with van der Waals surface area (Å²) in [4.78, 5) is 21.7. The monoisotopic (exact) mass is 480 g/mol. The van der Waals surface area contributed by atoms with Gasteiger partial charge in [-0.2, -0.15) is 0 Å². The molecule has 1 aliphatic rings. The van der Waals surface area contributed by atoms with Gasteiger partial charge < -0.3 is 4.90 Å². The fourth-order valence-electron chi connectivity index (χ4n) is 4.80. The Morgan fingerprint density at radius 3 is 2.38 bits per heavy atom. The number of rotatable bonds is 7. The largest absolute Gasteiger partial charge is 0.340 e. The Labute approximate surface area is 201 Å². The van der Waals surface area contributed by atoms with E-state index in [4.69, 9.17) is 0 Å². The highest BCUT2D eigenvalue weighted by molar-refractivity contribution is 7.89. The number of aryl methyl sites for hydroxylation is 3. The minimum atomic E-state index is -3.66. The number of carbonyl (C=O) groups is 1. The lowest BCUT2D eigenvalue weighted by Crippen LogP contribution is -2.48. The van der Waals surface area contributed by atoms with Gasteiger partial charge in [-0.3, -0.25) is 14.7 Å². The Kier molecular flexibility index (Phi) is 7.30. The normalized spacial score (nSPS) is 15.1. The summed E-state index contributed by atoms with van der Waals surface area (Å²) in [6, 6.07) is 14.0. The first-order chi connectivity index (χ1) is 16.2. The topological polar surface area (TPSA) is 82.6 Å². The molecule has 1 aromatic heterocycles. The van der Waals surface area contributed by atoms with Crippen LogP contribution in [0.15, 0.2) is 53.6 Å². The maximum atomic E-state index is 12.8. The van der Waals surface area contributed by atoms with Gasteiger partial charge in [0.15, 0.2) is 0 Å². The first kappa shape index (κ1) is 24.3. The Morgan fingerprint density at radius 1 is 1.00 bits per heavy atom. The van der Waals surface area contributed by atoms with Crippen molar-refractivity contribution in [2.75, 3.05) is 32.7 Å². The van der Waals surface area contributed by atoms with Crippen LogP contribution in [0.25, 0.3) is 10.9 Å². The third kappa shape index (κ3) is 5.46. The quantitative estimate of drug-likeness (QED) is 0.562. The van der Waals surface area contributed by atoms with Crippen LogP contribution >= 0.6 is 0 Å². The average Bonchev–Trinajstić information content (AvgIpc) is 2.79. The summed E-state index contributed by atoms with van der Waals surface area (Å²) in [5, 5.41) is 1.13. The molecule has 8 heteroatoms. The van der Waals surface area contributed by atoms with E-state index in [9.17, 15) is 13.2 Å². The molecule has 34 heavy (non-hydrogen) atoms. The predicted octanol–water partition coefficient (Wildman–Crippen LogP) is 3.17. The number of nitrogens with one attached hydrogen (secondary N) is 1. The van der Waals surface area contributed by atoms with Crippen LogP contribution in [0.1, 0.15) is 28.7 Å². The Morgan fingerprint density at radius 2 is 1.68 bits per heavy atom. The SMILES string of the molecule is Cc1cc(C)c(S(=O)(=O)NCCC(=O)N2CCN(Cc3cccc4cccnc34)CC2)c(C)c1. The zero-order valence-corrected chi connectivity index (χ0v) is 20.9. The molecule has 0 saturated carbocycles. The molecule has 7 nitrogen and oxygen atoms in total. The van der Waals surface area contributed by atoms with Crippen molar-refractivity contribution in [2.24, 2.45) is 0 Å². The van der Waals surface area contributed by atoms with E-state index in [0.29, 0.717) is 29.1 Å². The van der Waals surface area contributed by atoms with Gasteiger partial charge in [0.1, 0.15) is 0 Å². The van der Waals surface area contributed by atoms with Crippen molar-refractivity contribution in [2.45, 2.75) is 38.6 Å². The number of amides is 1. The molecule has 0 radical (unpaired) electrons. The number of pyridine rings is 1. The van der Waals surface area contributed by atoms with Crippen LogP contribution in [0, 0.1) is 20.8 Å². The van der Waals surface area contributed by atoms with E-state index in [1.165, 1.54) is 5.56 Å². The summed E-state index contributed by atoms with van der Waals surface area (Å²) >= 11 is 0. The number of aromatic nitrogens is 1. The zero-order chi connectivity index (χ0) is 24.3. The molecule has 2 heterocycles. The van der Waals surface area contributed by atoms with E-state index in [0.717, 1.165) is 36.1 Å². The second kappa shape index (κ2) is 10.2. The number of hydrogen-bond acceptors (Lipinski definition) is 5. The van der Waals surface area contributed by atoms with E-state index < -0.39 is 10.0 Å². The number of carbonyl (C=O) groups excluding carboxylic acids is 1. The molecule has 0 unspecified atom stereocenters. The summed E-state index contributed by atoms with van der Waals surface area (Å²) in [5.41, 5.74) is 4.67. The molecule has 1 amide bonds. The van der Waals surface area contributed by atoms with Crippen molar-refractivity contribution in [3.8, 4) is 0 Å². The maximum absolute atomic E-state index is 12.8. The van der Waals surface area contributed by atoms with Gasteiger partial charge in [-0.05, 0) is 43.5 Å². The van der Waals surface area contributed by atoms with Gasteiger partial charge in [-0.1, -0.05) is 42.0 Å². The van der Waals surface area contributed by atoms with Crippen LogP contribution < -0.4 is 4.72 Å². The molecule has 2 aromatic carbocycles. The molecular formula is C26H32N4O3S. The molecule has 1 aliphatic heterocycles. The van der Waals surface area contributed by atoms with Crippen molar-refractivity contribution < 1.29 is 13.2 Å². The molecule has 0 atom stereocenters. The fraction of sp³-hybridized carbons (Fsp3) is 0.385. The van der Waals surface area contributed by atoms with Crippen LogP contribution in [0.4, 0.5) is 0 Å². The minimum absolute atomic E-state index is 0.0217. The first-order valence-corrected chi connectivity index (χ1v) is 13.1. The van der Waals surface area contributed by atoms with Gasteiger partial charge in [0.25, 0.3) is 0 Å². The second-order valence-corrected chi connectivity index (χ2v) is 10.7. The second-order valence-electron chi connectivity index (χ2n) is 9.02. The van der Waals surface area contributed by atoms with Crippen molar-refractivity contribution in [3.05, 3.63) is 70.9 Å². The molecule has 0 aliphatic carbocycles. The molecule has 3 aromatic rings. The average molecular weight is 481 g/mol. The van der Waals surface area contributed by atoms with Crippen LogP contribution in [0.3, 0.4) is 0 Å². The highest BCUT2D eigenvalue weighted by Gasteiger charge is 2.23. The van der Waals surface area contributed by atoms with E-state index in [-0.39, 0.29) is 18.9 Å². The van der Waals surface area contributed by atoms with E-state index >= 15 is 0 Å². The number of benzene rings is 2. The molecule has 0 spiro atoms. The lowest BCUT2D eigenvalue weighted by Gasteiger charge is -2.35. The lowest BCUT2D eigenvalue weighted by molar-refractivity contribution is -0.132. The molecule has 0 bridgehead atoms. The van der Waals surface area contributed by atoms with Gasteiger partial charge in [0.2, 0.25) is 15.9 Å². The molecular weight excluding hydrogens is 448 g/mol. The number of piperazine rings is 1. The highest BCUT2D eigenvalue weighted by atomic mass is 32.2. The third-order valence-corrected chi connectivity index (χ3v) is 8.11. The Hall–Kier alpha value is -2.81. The number of fused-ring (bicyclic) bond motifs is 1. The number of sulfonamides is 1. The smallest absolute Gasteiger partial charge is 0.241 e. The molecule has 1 N–H and O–H groups in total. The van der Waals surface area contributed by atoms with Gasteiger partial charge in [0, 0.05) is 57.3 Å². The van der Waals surface area contributed by atoms with Gasteiger partial charge in [0.05, 0.1) is 10.4 Å². The summed E-state index contributed by atoms with van der Waals surface area (Å²) in [5.74, 6) is -0.0217. The summed E-state index contributed by atoms with van der Waals surface area (Å²) in [7, 11) is -3.66. The van der Waals surface area contributed by atoms with Crippen molar-refractivity contribution in [1.29, 1.82) is 0 Å². The van der Waals surface area contributed by atoms with Crippen LogP contribution in [0.5, 0.6) is 0 Å². The standard InChI is InChI=1S/C26H32N4O3S/c1-19-16-20(2)26(21(3)17-19)34(32,33)28-11-9-24(31)30-14-12-29(13-15-30)18-23-7-4-6-22-8-5-10-27-25(22)23/h4-8,10,16-17,28H,9,11-15,18H2,1-3H3. The minimum Gasteiger partial charge on any atom is -0.340 e. The number of nitrogens with zero attached hydrogens (tertiary/aromatic N) is 3. The summed E-state index contributed by atoms with van der Waals surface area (Å²) < 4.78 is 28.2. The van der Waals surface area contributed by atoms with Gasteiger partial charge >= 0.3 is 0 Å². The van der Waals surface area contributed by atoms with Crippen LogP contribution in [-0.4, -0.2) is 61.8 Å². The summed E-state index contributed by atoms with van der Waals surface area (Å²) in [6.07, 6.45) is 1.97. The van der Waals surface area contributed by atoms with Crippen LogP contribution in [-0.2, 0) is 21.4 Å².